The number of pyridine rings is 1. The van der Waals surface area contributed by atoms with Crippen molar-refractivity contribution < 1.29 is 4.74 Å². The number of nitrogens with zero attached hydrogens (tertiary/aromatic N) is 2. The number of ether oxygens (including phenoxy) is 1. The van der Waals surface area contributed by atoms with Crippen molar-refractivity contribution in [1.82, 2.24) is 9.88 Å². The third-order valence-corrected chi connectivity index (χ3v) is 3.11. The molecule has 0 unspecified atom stereocenters. The van der Waals surface area contributed by atoms with Crippen LogP contribution in [0.3, 0.4) is 0 Å². The average Bonchev–Trinajstić information content (AvgIpc) is 2.21. The molecule has 0 atom stereocenters. The van der Waals surface area contributed by atoms with Crippen molar-refractivity contribution in [1.29, 1.82) is 0 Å². The molecule has 1 aromatic heterocycles. The zero-order chi connectivity index (χ0) is 11.4. The molecule has 0 amide bonds. The summed E-state index contributed by atoms with van der Waals surface area (Å²) >= 11 is 6.00. The van der Waals surface area contributed by atoms with Crippen molar-refractivity contribution in [2.24, 2.45) is 0 Å². The van der Waals surface area contributed by atoms with Crippen LogP contribution in [0.1, 0.15) is 25.3 Å². The molecule has 1 aromatic rings. The number of aryl methyl sites for hydroxylation is 1. The van der Waals surface area contributed by atoms with E-state index in [9.17, 15) is 0 Å². The molecule has 1 aliphatic heterocycles. The molecule has 0 spiro atoms. The van der Waals surface area contributed by atoms with E-state index in [1.54, 1.807) is 6.20 Å². The van der Waals surface area contributed by atoms with Crippen LogP contribution >= 0.6 is 24.0 Å². The van der Waals surface area contributed by atoms with Crippen LogP contribution in [0.5, 0.6) is 5.75 Å². The van der Waals surface area contributed by atoms with Gasteiger partial charge in [0.25, 0.3) is 0 Å². The highest BCUT2D eigenvalue weighted by atomic mass is 35.5. The Morgan fingerprint density at radius 1 is 1.47 bits per heavy atom. The largest absolute Gasteiger partial charge is 0.477 e. The van der Waals surface area contributed by atoms with Gasteiger partial charge < -0.3 is 4.74 Å². The molecule has 0 N–H and O–H groups in total. The summed E-state index contributed by atoms with van der Waals surface area (Å²) in [4.78, 5) is 6.40. The number of halogens is 2. The standard InChI is InChI=1S/C12H17ClN2O.ClH/c1-2-4-10-7-11(8-14-12(10)13)16-9-15-5-3-6-15;/h7-8H,2-6,9H2,1H3;1H. The van der Waals surface area contributed by atoms with E-state index in [0.29, 0.717) is 11.9 Å². The first kappa shape index (κ1) is 14.6. The zero-order valence-corrected chi connectivity index (χ0v) is 11.6. The molecular weight excluding hydrogens is 259 g/mol. The zero-order valence-electron chi connectivity index (χ0n) is 9.99. The third kappa shape index (κ3) is 4.02. The highest BCUT2D eigenvalue weighted by Crippen LogP contribution is 2.21. The molecular formula is C12H18Cl2N2O. The van der Waals surface area contributed by atoms with Gasteiger partial charge in [0.1, 0.15) is 17.6 Å². The lowest BCUT2D eigenvalue weighted by molar-refractivity contribution is 0.0728. The summed E-state index contributed by atoms with van der Waals surface area (Å²) < 4.78 is 5.66. The minimum absolute atomic E-state index is 0. The summed E-state index contributed by atoms with van der Waals surface area (Å²) in [6.07, 6.45) is 4.99. The topological polar surface area (TPSA) is 25.4 Å². The molecule has 96 valence electrons. The molecule has 17 heavy (non-hydrogen) atoms. The number of hydrogen-bond donors (Lipinski definition) is 0. The monoisotopic (exact) mass is 276 g/mol. The van der Waals surface area contributed by atoms with Gasteiger partial charge in [0.15, 0.2) is 0 Å². The Hall–Kier alpha value is -0.510. The highest BCUT2D eigenvalue weighted by molar-refractivity contribution is 6.30. The van der Waals surface area contributed by atoms with Crippen molar-refractivity contribution in [3.05, 3.63) is 23.0 Å². The maximum atomic E-state index is 6.00. The van der Waals surface area contributed by atoms with Crippen molar-refractivity contribution in [2.45, 2.75) is 26.2 Å². The van der Waals surface area contributed by atoms with Crippen LogP contribution in [0.25, 0.3) is 0 Å². The van der Waals surface area contributed by atoms with Crippen LogP contribution in [-0.4, -0.2) is 29.7 Å². The SMILES string of the molecule is CCCc1cc(OCN2CCC2)cnc1Cl.Cl. The van der Waals surface area contributed by atoms with Gasteiger partial charge in [0.2, 0.25) is 0 Å². The molecule has 5 heteroatoms. The Bertz CT molecular complexity index is 356. The molecule has 1 saturated heterocycles. The quantitative estimate of drug-likeness (QED) is 0.773. The number of aromatic nitrogens is 1. The van der Waals surface area contributed by atoms with Gasteiger partial charge in [-0.05, 0) is 24.5 Å². The van der Waals surface area contributed by atoms with Crippen LogP contribution in [0.15, 0.2) is 12.3 Å². The van der Waals surface area contributed by atoms with Crippen molar-refractivity contribution in [3.8, 4) is 5.75 Å². The Morgan fingerprint density at radius 3 is 2.82 bits per heavy atom. The number of likely N-dealkylation sites (tertiary alicyclic amines) is 1. The van der Waals surface area contributed by atoms with Crippen LogP contribution in [0.2, 0.25) is 5.15 Å². The summed E-state index contributed by atoms with van der Waals surface area (Å²) in [5, 5.41) is 0.596. The van der Waals surface area contributed by atoms with E-state index >= 15 is 0 Å². The van der Waals surface area contributed by atoms with E-state index in [-0.39, 0.29) is 12.4 Å². The molecule has 2 rings (SSSR count). The Balaban J connectivity index is 0.00000144. The van der Waals surface area contributed by atoms with E-state index < -0.39 is 0 Å². The summed E-state index contributed by atoms with van der Waals surface area (Å²) in [5.74, 6) is 0.819. The molecule has 0 aliphatic carbocycles. The van der Waals surface area contributed by atoms with E-state index in [1.807, 2.05) is 6.07 Å². The second-order valence-corrected chi connectivity index (χ2v) is 4.47. The van der Waals surface area contributed by atoms with E-state index in [4.69, 9.17) is 16.3 Å². The predicted octanol–water partition coefficient (Wildman–Crippen LogP) is 3.15. The van der Waals surface area contributed by atoms with E-state index in [2.05, 4.69) is 16.8 Å². The first-order valence-electron chi connectivity index (χ1n) is 5.79. The second kappa shape index (κ2) is 7.04. The van der Waals surface area contributed by atoms with Gasteiger partial charge in [-0.15, -0.1) is 12.4 Å². The first-order valence-corrected chi connectivity index (χ1v) is 6.17. The number of rotatable bonds is 5. The molecule has 3 nitrogen and oxygen atoms in total. The molecule has 1 fully saturated rings. The van der Waals surface area contributed by atoms with Gasteiger partial charge in [0.05, 0.1) is 6.20 Å². The second-order valence-electron chi connectivity index (χ2n) is 4.12. The lowest BCUT2D eigenvalue weighted by Crippen LogP contribution is -2.39. The van der Waals surface area contributed by atoms with E-state index in [0.717, 1.165) is 37.2 Å². The fourth-order valence-electron chi connectivity index (χ4n) is 1.67. The van der Waals surface area contributed by atoms with Crippen LogP contribution in [-0.2, 0) is 6.42 Å². The maximum absolute atomic E-state index is 6.00. The molecule has 0 aromatic carbocycles. The lowest BCUT2D eigenvalue weighted by Gasteiger charge is -2.30. The normalized spacial score (nSPS) is 14.9. The number of hydrogen-bond acceptors (Lipinski definition) is 3. The predicted molar refractivity (Wildman–Crippen MR) is 72.2 cm³/mol. The van der Waals surface area contributed by atoms with Crippen LogP contribution in [0.4, 0.5) is 0 Å². The maximum Gasteiger partial charge on any atom is 0.142 e. The van der Waals surface area contributed by atoms with Crippen LogP contribution in [0, 0.1) is 0 Å². The highest BCUT2D eigenvalue weighted by Gasteiger charge is 2.13. The van der Waals surface area contributed by atoms with Crippen LogP contribution < -0.4 is 4.74 Å². The average molecular weight is 277 g/mol. The van der Waals surface area contributed by atoms with Crippen molar-refractivity contribution in [2.75, 3.05) is 19.8 Å². The van der Waals surface area contributed by atoms with E-state index in [1.165, 1.54) is 6.42 Å². The lowest BCUT2D eigenvalue weighted by atomic mass is 10.2. The summed E-state index contributed by atoms with van der Waals surface area (Å²) in [6.45, 7) is 5.07. The molecule has 2 heterocycles. The van der Waals surface area contributed by atoms with Gasteiger partial charge in [-0.3, -0.25) is 4.90 Å². The smallest absolute Gasteiger partial charge is 0.142 e. The first-order chi connectivity index (χ1) is 7.79. The third-order valence-electron chi connectivity index (χ3n) is 2.77. The Morgan fingerprint density at radius 2 is 2.24 bits per heavy atom. The van der Waals surface area contributed by atoms with Gasteiger partial charge >= 0.3 is 0 Å². The van der Waals surface area contributed by atoms with Crippen molar-refractivity contribution >= 4 is 24.0 Å². The van der Waals surface area contributed by atoms with Gasteiger partial charge in [-0.1, -0.05) is 24.9 Å². The summed E-state index contributed by atoms with van der Waals surface area (Å²) in [6, 6.07) is 2.00. The minimum atomic E-state index is 0. The summed E-state index contributed by atoms with van der Waals surface area (Å²) in [5.41, 5.74) is 1.07. The Labute approximate surface area is 114 Å². The van der Waals surface area contributed by atoms with Gasteiger partial charge in [-0.25, -0.2) is 4.98 Å². The van der Waals surface area contributed by atoms with Gasteiger partial charge in [0, 0.05) is 13.1 Å². The van der Waals surface area contributed by atoms with Gasteiger partial charge in [-0.2, -0.15) is 0 Å². The molecule has 1 aliphatic rings. The van der Waals surface area contributed by atoms with Crippen molar-refractivity contribution in [3.63, 3.8) is 0 Å². The fourth-order valence-corrected chi connectivity index (χ4v) is 1.87. The Kier molecular flexibility index (Phi) is 6.03. The molecule has 0 saturated carbocycles. The fraction of sp³-hybridized carbons (Fsp3) is 0.583. The summed E-state index contributed by atoms with van der Waals surface area (Å²) in [7, 11) is 0. The minimum Gasteiger partial charge on any atom is -0.477 e. The molecule has 0 bridgehead atoms. The molecule has 0 radical (unpaired) electrons.